The molecule has 0 fully saturated rings. The number of nitrogens with one attached hydrogen (secondary N) is 2. The van der Waals surface area contributed by atoms with E-state index in [9.17, 15) is 14.0 Å². The Morgan fingerprint density at radius 1 is 0.971 bits per heavy atom. The fourth-order valence-electron chi connectivity index (χ4n) is 3.37. The van der Waals surface area contributed by atoms with Crippen LogP contribution in [0.4, 0.5) is 15.8 Å². The molecule has 0 aliphatic rings. The molecule has 8 nitrogen and oxygen atoms in total. The average Bonchev–Trinajstić information content (AvgIpc) is 3.40. The van der Waals surface area contributed by atoms with Crippen molar-refractivity contribution in [1.29, 1.82) is 0 Å². The summed E-state index contributed by atoms with van der Waals surface area (Å²) in [5, 5.41) is 14.7. The minimum absolute atomic E-state index is 0.108. The third-order valence-electron chi connectivity index (χ3n) is 5.00. The van der Waals surface area contributed by atoms with Gasteiger partial charge in [-0.3, -0.25) is 14.2 Å². The SMILES string of the molecule is CC(=O)Nc1ccc(NC(=O)CSc2nnc(Cc3cccn3C)n2-c2ccc(F)cc2)cc1. The molecule has 0 bridgehead atoms. The van der Waals surface area contributed by atoms with Gasteiger partial charge in [0.1, 0.15) is 11.6 Å². The highest BCUT2D eigenvalue weighted by Crippen LogP contribution is 2.24. The maximum Gasteiger partial charge on any atom is 0.234 e. The Kier molecular flexibility index (Phi) is 7.07. The summed E-state index contributed by atoms with van der Waals surface area (Å²) in [7, 11) is 1.96. The first-order valence-electron chi connectivity index (χ1n) is 10.5. The van der Waals surface area contributed by atoms with Crippen molar-refractivity contribution in [3.8, 4) is 5.69 Å². The maximum atomic E-state index is 13.5. The van der Waals surface area contributed by atoms with Crippen molar-refractivity contribution in [1.82, 2.24) is 19.3 Å². The van der Waals surface area contributed by atoms with E-state index in [1.807, 2.05) is 34.5 Å². The molecule has 174 valence electrons. The van der Waals surface area contributed by atoms with Gasteiger partial charge < -0.3 is 15.2 Å². The molecule has 0 saturated heterocycles. The van der Waals surface area contributed by atoms with Crippen LogP contribution in [0.3, 0.4) is 0 Å². The number of hydrogen-bond donors (Lipinski definition) is 2. The Hall–Kier alpha value is -3.92. The van der Waals surface area contributed by atoms with E-state index in [1.165, 1.54) is 30.8 Å². The monoisotopic (exact) mass is 478 g/mol. The highest BCUT2D eigenvalue weighted by Gasteiger charge is 2.17. The number of carbonyl (C=O) groups is 2. The number of anilines is 2. The predicted octanol–water partition coefficient (Wildman–Crippen LogP) is 4.02. The summed E-state index contributed by atoms with van der Waals surface area (Å²) in [6, 6.07) is 16.9. The molecule has 0 saturated carbocycles. The van der Waals surface area contributed by atoms with Gasteiger partial charge in [0.2, 0.25) is 11.8 Å². The summed E-state index contributed by atoms with van der Waals surface area (Å²) in [5.74, 6) is 0.0837. The smallest absolute Gasteiger partial charge is 0.234 e. The van der Waals surface area contributed by atoms with Crippen LogP contribution in [-0.4, -0.2) is 36.9 Å². The molecule has 4 rings (SSSR count). The number of nitrogens with zero attached hydrogens (tertiary/aromatic N) is 4. The van der Waals surface area contributed by atoms with Gasteiger partial charge in [-0.15, -0.1) is 10.2 Å². The summed E-state index contributed by atoms with van der Waals surface area (Å²) < 4.78 is 17.4. The molecule has 0 spiro atoms. The van der Waals surface area contributed by atoms with Crippen molar-refractivity contribution in [3.05, 3.63) is 84.2 Å². The van der Waals surface area contributed by atoms with Gasteiger partial charge in [-0.05, 0) is 60.7 Å². The molecule has 0 radical (unpaired) electrons. The van der Waals surface area contributed by atoms with Gasteiger partial charge in [0.15, 0.2) is 5.16 Å². The topological polar surface area (TPSA) is 93.8 Å². The van der Waals surface area contributed by atoms with Gasteiger partial charge in [0.25, 0.3) is 0 Å². The Morgan fingerprint density at radius 2 is 1.65 bits per heavy atom. The summed E-state index contributed by atoms with van der Waals surface area (Å²) in [6.45, 7) is 1.43. The van der Waals surface area contributed by atoms with Gasteiger partial charge in [0, 0.05) is 49.3 Å². The van der Waals surface area contributed by atoms with Gasteiger partial charge in [-0.25, -0.2) is 4.39 Å². The molecular formula is C24H23FN6O2S. The zero-order valence-electron chi connectivity index (χ0n) is 18.7. The van der Waals surface area contributed by atoms with E-state index in [-0.39, 0.29) is 23.4 Å². The Bertz CT molecular complexity index is 1300. The number of aryl methyl sites for hydroxylation is 1. The zero-order chi connectivity index (χ0) is 24.1. The summed E-state index contributed by atoms with van der Waals surface area (Å²) in [6.07, 6.45) is 2.48. The van der Waals surface area contributed by atoms with E-state index in [2.05, 4.69) is 20.8 Å². The molecule has 2 amide bonds. The fraction of sp³-hybridized carbons (Fsp3) is 0.167. The van der Waals surface area contributed by atoms with Crippen LogP contribution in [0.5, 0.6) is 0 Å². The first-order valence-corrected chi connectivity index (χ1v) is 11.5. The molecule has 0 unspecified atom stereocenters. The second kappa shape index (κ2) is 10.3. The van der Waals surface area contributed by atoms with Crippen molar-refractivity contribution in [2.24, 2.45) is 7.05 Å². The Balaban J connectivity index is 1.48. The van der Waals surface area contributed by atoms with Gasteiger partial charge >= 0.3 is 0 Å². The van der Waals surface area contributed by atoms with Crippen molar-refractivity contribution in [2.75, 3.05) is 16.4 Å². The lowest BCUT2D eigenvalue weighted by Gasteiger charge is -2.11. The lowest BCUT2D eigenvalue weighted by atomic mass is 10.2. The van der Waals surface area contributed by atoms with Crippen LogP contribution in [0.2, 0.25) is 0 Å². The minimum atomic E-state index is -0.334. The first kappa shape index (κ1) is 23.2. The van der Waals surface area contributed by atoms with Crippen LogP contribution in [-0.2, 0) is 23.1 Å². The van der Waals surface area contributed by atoms with Crippen LogP contribution in [0.1, 0.15) is 18.4 Å². The fourth-order valence-corrected chi connectivity index (χ4v) is 4.14. The van der Waals surface area contributed by atoms with Crippen LogP contribution in [0.15, 0.2) is 72.0 Å². The molecule has 0 aliphatic heterocycles. The average molecular weight is 479 g/mol. The lowest BCUT2D eigenvalue weighted by Crippen LogP contribution is -2.15. The van der Waals surface area contributed by atoms with Crippen molar-refractivity contribution in [2.45, 2.75) is 18.5 Å². The number of rotatable bonds is 8. The molecule has 0 aliphatic carbocycles. The highest BCUT2D eigenvalue weighted by atomic mass is 32.2. The summed E-state index contributed by atoms with van der Waals surface area (Å²) in [4.78, 5) is 23.7. The Labute approximate surface area is 200 Å². The number of hydrogen-bond acceptors (Lipinski definition) is 5. The van der Waals surface area contributed by atoms with Crippen LogP contribution in [0.25, 0.3) is 5.69 Å². The quantitative estimate of drug-likeness (QED) is 0.373. The van der Waals surface area contributed by atoms with E-state index in [0.29, 0.717) is 34.5 Å². The number of amides is 2. The molecule has 4 aromatic rings. The molecule has 2 aromatic carbocycles. The number of aromatic nitrogens is 4. The third kappa shape index (κ3) is 5.70. The molecule has 2 aromatic heterocycles. The first-order chi connectivity index (χ1) is 16.4. The minimum Gasteiger partial charge on any atom is -0.354 e. The molecule has 0 atom stereocenters. The zero-order valence-corrected chi connectivity index (χ0v) is 19.5. The number of benzene rings is 2. The largest absolute Gasteiger partial charge is 0.354 e. The van der Waals surface area contributed by atoms with Crippen molar-refractivity contribution >= 4 is 35.0 Å². The van der Waals surface area contributed by atoms with E-state index < -0.39 is 0 Å². The van der Waals surface area contributed by atoms with Crippen molar-refractivity contribution in [3.63, 3.8) is 0 Å². The second-order valence-electron chi connectivity index (χ2n) is 7.59. The number of thioether (sulfide) groups is 1. The van der Waals surface area contributed by atoms with E-state index >= 15 is 0 Å². The normalized spacial score (nSPS) is 10.8. The lowest BCUT2D eigenvalue weighted by molar-refractivity contribution is -0.114. The van der Waals surface area contributed by atoms with E-state index in [0.717, 1.165) is 5.69 Å². The van der Waals surface area contributed by atoms with Gasteiger partial charge in [-0.1, -0.05) is 11.8 Å². The number of carbonyl (C=O) groups excluding carboxylic acids is 2. The van der Waals surface area contributed by atoms with E-state index in [4.69, 9.17) is 0 Å². The highest BCUT2D eigenvalue weighted by molar-refractivity contribution is 7.99. The third-order valence-corrected chi connectivity index (χ3v) is 5.93. The van der Waals surface area contributed by atoms with Gasteiger partial charge in [0.05, 0.1) is 5.75 Å². The Morgan fingerprint density at radius 3 is 2.26 bits per heavy atom. The summed E-state index contributed by atoms with van der Waals surface area (Å²) in [5.41, 5.74) is 3.03. The molecule has 34 heavy (non-hydrogen) atoms. The molecule has 2 N–H and O–H groups in total. The summed E-state index contributed by atoms with van der Waals surface area (Å²) >= 11 is 1.24. The van der Waals surface area contributed by atoms with Gasteiger partial charge in [-0.2, -0.15) is 0 Å². The van der Waals surface area contributed by atoms with Crippen LogP contribution >= 0.6 is 11.8 Å². The van der Waals surface area contributed by atoms with Crippen molar-refractivity contribution < 1.29 is 14.0 Å². The van der Waals surface area contributed by atoms with E-state index in [1.54, 1.807) is 36.4 Å². The molecular weight excluding hydrogens is 455 g/mol. The molecule has 2 heterocycles. The standard InChI is InChI=1S/C24H23FN6O2S/c1-16(32)26-18-7-9-19(10-8-18)27-23(33)15-34-24-29-28-22(14-21-4-3-13-30(21)2)31(24)20-11-5-17(25)6-12-20/h3-13H,14-15H2,1-2H3,(H,26,32)(H,27,33). The second-order valence-corrected chi connectivity index (χ2v) is 8.54. The maximum absolute atomic E-state index is 13.5. The number of halogens is 1. The van der Waals surface area contributed by atoms with Crippen LogP contribution < -0.4 is 10.6 Å². The predicted molar refractivity (Wildman–Crippen MR) is 130 cm³/mol. The van der Waals surface area contributed by atoms with Crippen LogP contribution in [0, 0.1) is 5.82 Å². The molecule has 10 heteroatoms.